The largest absolute Gasteiger partial charge is 0.351 e. The van der Waals surface area contributed by atoms with Gasteiger partial charge in [0.15, 0.2) is 0 Å². The molecule has 1 atom stereocenters. The van der Waals surface area contributed by atoms with Crippen molar-refractivity contribution < 1.29 is 9.59 Å². The topological polar surface area (TPSA) is 58.2 Å². The second-order valence-electron chi connectivity index (χ2n) is 5.67. The van der Waals surface area contributed by atoms with E-state index in [-0.39, 0.29) is 17.1 Å². The number of amides is 2. The second kappa shape index (κ2) is 8.55. The molecule has 0 spiro atoms. The Bertz CT molecular complexity index is 696. The predicted octanol–water partition coefficient (Wildman–Crippen LogP) is 3.75. The highest BCUT2D eigenvalue weighted by Gasteiger charge is 2.14. The molecule has 0 aromatic heterocycles. The van der Waals surface area contributed by atoms with Gasteiger partial charge in [-0.25, -0.2) is 0 Å². The van der Waals surface area contributed by atoms with Crippen LogP contribution in [0.2, 0.25) is 0 Å². The van der Waals surface area contributed by atoms with Crippen LogP contribution in [0.25, 0.3) is 0 Å². The van der Waals surface area contributed by atoms with E-state index in [1.54, 1.807) is 0 Å². The molecular formula is C19H22N2O2S. The zero-order chi connectivity index (χ0) is 17.5. The Balaban J connectivity index is 1.84. The average molecular weight is 342 g/mol. The Hall–Kier alpha value is -2.27. The number of carbonyl (C=O) groups is 2. The van der Waals surface area contributed by atoms with Gasteiger partial charge < -0.3 is 10.6 Å². The van der Waals surface area contributed by atoms with Crippen LogP contribution in [-0.4, -0.2) is 17.1 Å². The maximum Gasteiger partial charge on any atom is 0.233 e. The van der Waals surface area contributed by atoms with Crippen molar-refractivity contribution >= 4 is 29.3 Å². The summed E-state index contributed by atoms with van der Waals surface area (Å²) in [6.45, 7) is 5.93. The molecule has 2 rings (SSSR count). The maximum absolute atomic E-state index is 12.2. The van der Waals surface area contributed by atoms with Crippen LogP contribution in [0.3, 0.4) is 0 Å². The Labute approximate surface area is 147 Å². The SMILES string of the molecule is CC(=O)Nc1ccc(S[C@H](C)C(=O)NCc2ccc(C)cc2)cc1. The molecular weight excluding hydrogens is 320 g/mol. The number of rotatable bonds is 6. The molecule has 0 saturated heterocycles. The van der Waals surface area contributed by atoms with Gasteiger partial charge >= 0.3 is 0 Å². The lowest BCUT2D eigenvalue weighted by Crippen LogP contribution is -2.30. The monoisotopic (exact) mass is 342 g/mol. The van der Waals surface area contributed by atoms with Crippen LogP contribution in [0.5, 0.6) is 0 Å². The van der Waals surface area contributed by atoms with Gasteiger partial charge in [0.25, 0.3) is 0 Å². The highest BCUT2D eigenvalue weighted by atomic mass is 32.2. The molecule has 2 aromatic rings. The summed E-state index contributed by atoms with van der Waals surface area (Å²) in [5.74, 6) is -0.0919. The van der Waals surface area contributed by atoms with Crippen molar-refractivity contribution in [3.05, 3.63) is 59.7 Å². The smallest absolute Gasteiger partial charge is 0.233 e. The fourth-order valence-corrected chi connectivity index (χ4v) is 3.01. The van der Waals surface area contributed by atoms with Crippen molar-refractivity contribution in [3.63, 3.8) is 0 Å². The van der Waals surface area contributed by atoms with E-state index in [1.165, 1.54) is 24.2 Å². The zero-order valence-corrected chi connectivity index (χ0v) is 14.9. The number of benzene rings is 2. The number of nitrogens with one attached hydrogen (secondary N) is 2. The normalized spacial score (nSPS) is 11.6. The van der Waals surface area contributed by atoms with E-state index >= 15 is 0 Å². The number of hydrogen-bond donors (Lipinski definition) is 2. The van der Waals surface area contributed by atoms with Crippen LogP contribution in [0.4, 0.5) is 5.69 Å². The highest BCUT2D eigenvalue weighted by molar-refractivity contribution is 8.00. The molecule has 0 radical (unpaired) electrons. The van der Waals surface area contributed by atoms with Crippen molar-refractivity contribution in [2.45, 2.75) is 37.5 Å². The van der Waals surface area contributed by atoms with E-state index in [0.29, 0.717) is 6.54 Å². The molecule has 0 unspecified atom stereocenters. The van der Waals surface area contributed by atoms with E-state index in [2.05, 4.69) is 10.6 Å². The first-order valence-electron chi connectivity index (χ1n) is 7.81. The first-order valence-corrected chi connectivity index (χ1v) is 8.69. The molecule has 0 aliphatic carbocycles. The molecule has 24 heavy (non-hydrogen) atoms. The molecule has 0 aliphatic heterocycles. The minimum atomic E-state index is -0.193. The maximum atomic E-state index is 12.2. The van der Waals surface area contributed by atoms with E-state index in [4.69, 9.17) is 0 Å². The molecule has 0 saturated carbocycles. The van der Waals surface area contributed by atoms with E-state index in [0.717, 1.165) is 16.1 Å². The molecule has 2 amide bonds. The molecule has 5 heteroatoms. The number of hydrogen-bond acceptors (Lipinski definition) is 3. The van der Waals surface area contributed by atoms with E-state index in [9.17, 15) is 9.59 Å². The number of carbonyl (C=O) groups excluding carboxylic acids is 2. The van der Waals surface area contributed by atoms with E-state index < -0.39 is 0 Å². The van der Waals surface area contributed by atoms with Gasteiger partial charge in [-0.1, -0.05) is 29.8 Å². The predicted molar refractivity (Wildman–Crippen MR) is 99.1 cm³/mol. The quantitative estimate of drug-likeness (QED) is 0.786. The summed E-state index contributed by atoms with van der Waals surface area (Å²) >= 11 is 1.49. The Morgan fingerprint density at radius 3 is 2.25 bits per heavy atom. The van der Waals surface area contributed by atoms with Gasteiger partial charge in [-0.15, -0.1) is 11.8 Å². The van der Waals surface area contributed by atoms with Crippen molar-refractivity contribution in [1.29, 1.82) is 0 Å². The van der Waals surface area contributed by atoms with Gasteiger partial charge in [0, 0.05) is 24.1 Å². The van der Waals surface area contributed by atoms with Gasteiger partial charge in [0.1, 0.15) is 0 Å². The Kier molecular flexibility index (Phi) is 6.44. The summed E-state index contributed by atoms with van der Waals surface area (Å²) in [6, 6.07) is 15.6. The van der Waals surface area contributed by atoms with Gasteiger partial charge in [0.05, 0.1) is 5.25 Å². The summed E-state index contributed by atoms with van der Waals surface area (Å²) in [4.78, 5) is 24.2. The summed E-state index contributed by atoms with van der Waals surface area (Å²) in [6.07, 6.45) is 0. The minimum Gasteiger partial charge on any atom is -0.351 e. The lowest BCUT2D eigenvalue weighted by Gasteiger charge is -2.12. The Morgan fingerprint density at radius 1 is 1.04 bits per heavy atom. The van der Waals surface area contributed by atoms with Crippen molar-refractivity contribution in [2.24, 2.45) is 0 Å². The van der Waals surface area contributed by atoms with Crippen LogP contribution in [0.15, 0.2) is 53.4 Å². The fourth-order valence-electron chi connectivity index (χ4n) is 2.12. The first-order chi connectivity index (χ1) is 11.4. The third-order valence-electron chi connectivity index (χ3n) is 3.44. The molecule has 126 valence electrons. The molecule has 0 bridgehead atoms. The molecule has 0 heterocycles. The van der Waals surface area contributed by atoms with Crippen molar-refractivity contribution in [3.8, 4) is 0 Å². The van der Waals surface area contributed by atoms with Crippen LogP contribution in [-0.2, 0) is 16.1 Å². The number of aryl methyl sites for hydroxylation is 1. The third-order valence-corrected chi connectivity index (χ3v) is 4.56. The summed E-state index contributed by atoms with van der Waals surface area (Å²) in [7, 11) is 0. The standard InChI is InChI=1S/C19H22N2O2S/c1-13-4-6-16(7-5-13)12-20-19(23)14(2)24-18-10-8-17(9-11-18)21-15(3)22/h4-11,14H,12H2,1-3H3,(H,20,23)(H,21,22)/t14-/m1/s1. The third kappa shape index (κ3) is 5.74. The second-order valence-corrected chi connectivity index (χ2v) is 7.08. The lowest BCUT2D eigenvalue weighted by atomic mass is 10.1. The fraction of sp³-hybridized carbons (Fsp3) is 0.263. The Morgan fingerprint density at radius 2 is 1.67 bits per heavy atom. The van der Waals surface area contributed by atoms with Gasteiger partial charge in [-0.05, 0) is 43.7 Å². The van der Waals surface area contributed by atoms with Gasteiger partial charge in [-0.2, -0.15) is 0 Å². The highest BCUT2D eigenvalue weighted by Crippen LogP contribution is 2.24. The van der Waals surface area contributed by atoms with Crippen molar-refractivity contribution in [2.75, 3.05) is 5.32 Å². The van der Waals surface area contributed by atoms with Crippen LogP contribution in [0.1, 0.15) is 25.0 Å². The van der Waals surface area contributed by atoms with Crippen LogP contribution in [0, 0.1) is 6.92 Å². The lowest BCUT2D eigenvalue weighted by molar-refractivity contribution is -0.120. The molecule has 0 aliphatic rings. The first kappa shape index (κ1) is 18.1. The average Bonchev–Trinajstić information content (AvgIpc) is 2.55. The molecule has 2 N–H and O–H groups in total. The molecule has 0 fully saturated rings. The molecule has 2 aromatic carbocycles. The minimum absolute atomic E-state index is 0.00603. The molecule has 4 nitrogen and oxygen atoms in total. The van der Waals surface area contributed by atoms with Crippen molar-refractivity contribution in [1.82, 2.24) is 5.32 Å². The zero-order valence-electron chi connectivity index (χ0n) is 14.1. The number of anilines is 1. The van der Waals surface area contributed by atoms with Crippen LogP contribution < -0.4 is 10.6 Å². The number of thioether (sulfide) groups is 1. The van der Waals surface area contributed by atoms with Crippen LogP contribution >= 0.6 is 11.8 Å². The van der Waals surface area contributed by atoms with Gasteiger partial charge in [0.2, 0.25) is 11.8 Å². The summed E-state index contributed by atoms with van der Waals surface area (Å²) in [5, 5.41) is 5.49. The summed E-state index contributed by atoms with van der Waals surface area (Å²) < 4.78 is 0. The van der Waals surface area contributed by atoms with E-state index in [1.807, 2.05) is 62.4 Å². The van der Waals surface area contributed by atoms with Gasteiger partial charge in [-0.3, -0.25) is 9.59 Å². The summed E-state index contributed by atoms with van der Waals surface area (Å²) in [5.41, 5.74) is 3.05.